The lowest BCUT2D eigenvalue weighted by Gasteiger charge is -1.96. The minimum Gasteiger partial charge on any atom is -0.330 e. The van der Waals surface area contributed by atoms with Gasteiger partial charge in [-0.05, 0) is 22.9 Å². The van der Waals surface area contributed by atoms with Crippen LogP contribution in [0.1, 0.15) is 0 Å². The van der Waals surface area contributed by atoms with E-state index in [9.17, 15) is 0 Å². The van der Waals surface area contributed by atoms with Gasteiger partial charge < -0.3 is 5.73 Å². The Labute approximate surface area is 98.7 Å². The van der Waals surface area contributed by atoms with Gasteiger partial charge in [0.15, 0.2) is 0 Å². The first kappa shape index (κ1) is 15.8. The van der Waals surface area contributed by atoms with Crippen molar-refractivity contribution in [2.75, 3.05) is 12.3 Å². The third-order valence-electron chi connectivity index (χ3n) is 0.983. The van der Waals surface area contributed by atoms with Gasteiger partial charge in [0.2, 0.25) is 0 Å². The highest BCUT2D eigenvalue weighted by Crippen LogP contribution is 2.27. The molecular weight excluding hydrogens is 247 g/mol. The Morgan fingerprint density at radius 3 is 2.62 bits per heavy atom. The molecule has 0 saturated carbocycles. The van der Waals surface area contributed by atoms with Gasteiger partial charge in [-0.25, -0.2) is 4.98 Å². The third-order valence-corrected chi connectivity index (χ3v) is 3.28. The summed E-state index contributed by atoms with van der Waals surface area (Å²) in [5.41, 5.74) is 5.34. The molecule has 0 unspecified atom stereocenters. The molecule has 1 aromatic heterocycles. The lowest BCUT2D eigenvalue weighted by atomic mass is 10.5. The molecular formula is C7H12Cl2N2S2. The highest BCUT2D eigenvalue weighted by molar-refractivity contribution is 8.76. The molecule has 0 aliphatic heterocycles. The summed E-state index contributed by atoms with van der Waals surface area (Å²) >= 11 is 0. The number of pyridine rings is 1. The summed E-state index contributed by atoms with van der Waals surface area (Å²) in [4.78, 5) is 4.15. The lowest BCUT2D eigenvalue weighted by Crippen LogP contribution is -1.99. The van der Waals surface area contributed by atoms with Crippen LogP contribution in [0, 0.1) is 0 Å². The number of hydrogen-bond donors (Lipinski definition) is 1. The van der Waals surface area contributed by atoms with Crippen LogP contribution in [0.2, 0.25) is 0 Å². The normalized spacial score (nSPS) is 8.38. The number of nitrogens with zero attached hydrogens (tertiary/aromatic N) is 1. The maximum atomic E-state index is 5.34. The predicted octanol–water partition coefficient (Wildman–Crippen LogP) is 2.62. The van der Waals surface area contributed by atoms with E-state index in [-0.39, 0.29) is 24.8 Å². The summed E-state index contributed by atoms with van der Waals surface area (Å²) < 4.78 is 0. The van der Waals surface area contributed by atoms with Gasteiger partial charge in [-0.1, -0.05) is 16.9 Å². The topological polar surface area (TPSA) is 38.9 Å². The fraction of sp³-hybridized carbons (Fsp3) is 0.286. The molecule has 0 aliphatic rings. The highest BCUT2D eigenvalue weighted by atomic mass is 35.5. The second-order valence-electron chi connectivity index (χ2n) is 1.86. The van der Waals surface area contributed by atoms with E-state index in [4.69, 9.17) is 5.73 Å². The van der Waals surface area contributed by atoms with Crippen molar-refractivity contribution in [2.45, 2.75) is 5.03 Å². The van der Waals surface area contributed by atoms with Crippen molar-refractivity contribution in [3.8, 4) is 0 Å². The van der Waals surface area contributed by atoms with E-state index in [0.717, 1.165) is 17.3 Å². The summed E-state index contributed by atoms with van der Waals surface area (Å²) in [6.07, 6.45) is 1.80. The predicted molar refractivity (Wildman–Crippen MR) is 66.1 cm³/mol. The van der Waals surface area contributed by atoms with Crippen molar-refractivity contribution in [3.05, 3.63) is 24.4 Å². The highest BCUT2D eigenvalue weighted by Gasteiger charge is 1.92. The molecule has 0 aromatic carbocycles. The first-order valence-electron chi connectivity index (χ1n) is 3.34. The van der Waals surface area contributed by atoms with Gasteiger partial charge in [0, 0.05) is 18.5 Å². The average Bonchev–Trinajstić information content (AvgIpc) is 2.07. The quantitative estimate of drug-likeness (QED) is 0.666. The molecule has 0 fully saturated rings. The van der Waals surface area contributed by atoms with Gasteiger partial charge in [-0.3, -0.25) is 0 Å². The smallest absolute Gasteiger partial charge is 0.106 e. The standard InChI is InChI=1S/C7H10N2S2.2ClH/c8-4-6-10-11-7-3-1-2-5-9-7;;/h1-3,5H,4,6,8H2;2*1H. The minimum atomic E-state index is 0. The zero-order valence-electron chi connectivity index (χ0n) is 6.88. The molecule has 0 aliphatic carbocycles. The number of rotatable bonds is 4. The van der Waals surface area contributed by atoms with Crippen molar-refractivity contribution >= 4 is 46.4 Å². The fourth-order valence-electron chi connectivity index (χ4n) is 0.547. The van der Waals surface area contributed by atoms with Crippen LogP contribution in [0.5, 0.6) is 0 Å². The van der Waals surface area contributed by atoms with Gasteiger partial charge >= 0.3 is 0 Å². The number of aromatic nitrogens is 1. The molecule has 0 bridgehead atoms. The van der Waals surface area contributed by atoms with Crippen LogP contribution in [0.25, 0.3) is 0 Å². The van der Waals surface area contributed by atoms with E-state index in [1.807, 2.05) is 18.2 Å². The molecule has 1 rings (SSSR count). The third kappa shape index (κ3) is 7.46. The summed E-state index contributed by atoms with van der Waals surface area (Å²) in [5.74, 6) is 0.973. The Morgan fingerprint density at radius 1 is 1.31 bits per heavy atom. The van der Waals surface area contributed by atoms with Crippen LogP contribution < -0.4 is 5.73 Å². The largest absolute Gasteiger partial charge is 0.330 e. The molecule has 1 aromatic rings. The molecule has 76 valence electrons. The van der Waals surface area contributed by atoms with E-state index in [2.05, 4.69) is 4.98 Å². The maximum Gasteiger partial charge on any atom is 0.106 e. The van der Waals surface area contributed by atoms with Crippen molar-refractivity contribution < 1.29 is 0 Å². The van der Waals surface area contributed by atoms with Crippen molar-refractivity contribution in [3.63, 3.8) is 0 Å². The first-order chi connectivity index (χ1) is 5.43. The summed E-state index contributed by atoms with van der Waals surface area (Å²) in [7, 11) is 3.41. The Balaban J connectivity index is 0. The molecule has 0 radical (unpaired) electrons. The van der Waals surface area contributed by atoms with Gasteiger partial charge in [0.1, 0.15) is 5.03 Å². The van der Waals surface area contributed by atoms with Crippen LogP contribution in [0.4, 0.5) is 0 Å². The van der Waals surface area contributed by atoms with Gasteiger partial charge in [0.25, 0.3) is 0 Å². The number of halogens is 2. The minimum absolute atomic E-state index is 0. The van der Waals surface area contributed by atoms with Crippen molar-refractivity contribution in [1.82, 2.24) is 4.98 Å². The van der Waals surface area contributed by atoms with E-state index in [1.54, 1.807) is 27.8 Å². The van der Waals surface area contributed by atoms with Crippen molar-refractivity contribution in [2.24, 2.45) is 5.73 Å². The molecule has 0 amide bonds. The number of nitrogens with two attached hydrogens (primary N) is 1. The molecule has 13 heavy (non-hydrogen) atoms. The summed E-state index contributed by atoms with van der Waals surface area (Å²) in [6, 6.07) is 5.89. The van der Waals surface area contributed by atoms with Crippen LogP contribution in [-0.2, 0) is 0 Å². The molecule has 1 heterocycles. The summed E-state index contributed by atoms with van der Waals surface area (Å²) in [5, 5.41) is 1.05. The van der Waals surface area contributed by atoms with Crippen LogP contribution in [0.15, 0.2) is 29.4 Å². The van der Waals surface area contributed by atoms with E-state index in [0.29, 0.717) is 0 Å². The van der Waals surface area contributed by atoms with E-state index >= 15 is 0 Å². The maximum absolute atomic E-state index is 5.34. The molecule has 0 atom stereocenters. The van der Waals surface area contributed by atoms with Gasteiger partial charge in [-0.15, -0.1) is 24.8 Å². The van der Waals surface area contributed by atoms with Crippen LogP contribution in [-0.4, -0.2) is 17.3 Å². The molecule has 0 spiro atoms. The molecule has 0 saturated heterocycles. The van der Waals surface area contributed by atoms with E-state index < -0.39 is 0 Å². The zero-order chi connectivity index (χ0) is 7.94. The molecule has 6 heteroatoms. The Morgan fingerprint density at radius 2 is 2.08 bits per heavy atom. The lowest BCUT2D eigenvalue weighted by molar-refractivity contribution is 1.14. The Hall–Kier alpha value is 0.390. The zero-order valence-corrected chi connectivity index (χ0v) is 10.1. The SMILES string of the molecule is Cl.Cl.NCCSSc1ccccn1. The van der Waals surface area contributed by atoms with Crippen molar-refractivity contribution in [1.29, 1.82) is 0 Å². The Bertz CT molecular complexity index is 199. The van der Waals surface area contributed by atoms with Crippen LogP contribution in [0.3, 0.4) is 0 Å². The van der Waals surface area contributed by atoms with Crippen LogP contribution >= 0.6 is 46.4 Å². The fourth-order valence-corrected chi connectivity index (χ4v) is 2.28. The first-order valence-corrected chi connectivity index (χ1v) is 5.66. The monoisotopic (exact) mass is 258 g/mol. The second kappa shape index (κ2) is 10.5. The molecule has 2 N–H and O–H groups in total. The number of hydrogen-bond acceptors (Lipinski definition) is 4. The van der Waals surface area contributed by atoms with Gasteiger partial charge in [-0.2, -0.15) is 0 Å². The second-order valence-corrected chi connectivity index (χ2v) is 4.30. The van der Waals surface area contributed by atoms with Gasteiger partial charge in [0.05, 0.1) is 0 Å². The summed E-state index contributed by atoms with van der Waals surface area (Å²) in [6.45, 7) is 0.727. The Kier molecular flexibility index (Phi) is 12.8. The van der Waals surface area contributed by atoms with E-state index in [1.165, 1.54) is 0 Å². The molecule has 2 nitrogen and oxygen atoms in total. The average molecular weight is 259 g/mol.